The van der Waals surface area contributed by atoms with E-state index < -0.39 is 5.97 Å². The molecule has 0 saturated carbocycles. The average molecular weight is 329 g/mol. The Balaban J connectivity index is 3.11. The lowest BCUT2D eigenvalue weighted by Crippen LogP contribution is -2.05. The summed E-state index contributed by atoms with van der Waals surface area (Å²) >= 11 is 0. The number of hydrogen-bond donors (Lipinski definition) is 2. The van der Waals surface area contributed by atoms with Gasteiger partial charge in [-0.15, -0.1) is 0 Å². The van der Waals surface area contributed by atoms with E-state index in [1.165, 1.54) is 77.0 Å². The Labute approximate surface area is 143 Å². The summed E-state index contributed by atoms with van der Waals surface area (Å²) < 4.78 is 0. The van der Waals surface area contributed by atoms with Gasteiger partial charge in [0, 0.05) is 6.42 Å². The van der Waals surface area contributed by atoms with Gasteiger partial charge < -0.3 is 10.2 Å². The van der Waals surface area contributed by atoms with Gasteiger partial charge in [-0.25, -0.2) is 0 Å². The zero-order valence-electron chi connectivity index (χ0n) is 15.4. The molecule has 0 aliphatic rings. The van der Waals surface area contributed by atoms with Crippen LogP contribution in [0.1, 0.15) is 116 Å². The van der Waals surface area contributed by atoms with Gasteiger partial charge >= 0.3 is 5.97 Å². The van der Waals surface area contributed by atoms with Crippen molar-refractivity contribution in [3.8, 4) is 0 Å². The molecule has 1 unspecified atom stereocenters. The summed E-state index contributed by atoms with van der Waals surface area (Å²) in [5.74, 6) is -0.670. The fraction of sp³-hybridized carbons (Fsp3) is 0.950. The molecule has 1 atom stereocenters. The summed E-state index contributed by atoms with van der Waals surface area (Å²) in [5.41, 5.74) is 0. The molecule has 3 nitrogen and oxygen atoms in total. The van der Waals surface area contributed by atoms with Gasteiger partial charge in [-0.05, 0) is 19.3 Å². The van der Waals surface area contributed by atoms with Crippen molar-refractivity contribution < 1.29 is 15.0 Å². The maximum atomic E-state index is 10.4. The lowest BCUT2D eigenvalue weighted by Gasteiger charge is -2.10. The Hall–Kier alpha value is -0.570. The van der Waals surface area contributed by atoms with Gasteiger partial charge in [0.05, 0.1) is 6.10 Å². The van der Waals surface area contributed by atoms with Gasteiger partial charge in [-0.2, -0.15) is 0 Å². The quantitative estimate of drug-likeness (QED) is 0.300. The molecular weight excluding hydrogens is 288 g/mol. The fourth-order valence-corrected chi connectivity index (χ4v) is 3.02. The third-order valence-electron chi connectivity index (χ3n) is 4.57. The van der Waals surface area contributed by atoms with E-state index in [4.69, 9.17) is 5.11 Å². The molecule has 0 saturated heterocycles. The van der Waals surface area contributed by atoms with E-state index in [0.29, 0.717) is 6.42 Å². The molecule has 0 radical (unpaired) electrons. The first-order valence-corrected chi connectivity index (χ1v) is 10.1. The summed E-state index contributed by atoms with van der Waals surface area (Å²) in [7, 11) is 0. The molecule has 0 aliphatic heterocycles. The van der Waals surface area contributed by atoms with E-state index in [9.17, 15) is 9.90 Å². The monoisotopic (exact) mass is 328 g/mol. The highest BCUT2D eigenvalue weighted by molar-refractivity contribution is 5.66. The molecule has 0 rings (SSSR count). The second-order valence-corrected chi connectivity index (χ2v) is 6.97. The molecule has 0 heterocycles. The highest BCUT2D eigenvalue weighted by Gasteiger charge is 2.03. The molecule has 23 heavy (non-hydrogen) atoms. The zero-order valence-corrected chi connectivity index (χ0v) is 15.4. The van der Waals surface area contributed by atoms with Crippen molar-refractivity contribution in [3.63, 3.8) is 0 Å². The lowest BCUT2D eigenvalue weighted by molar-refractivity contribution is -0.137. The van der Waals surface area contributed by atoms with Gasteiger partial charge in [-0.1, -0.05) is 90.4 Å². The Morgan fingerprint density at radius 2 is 1.09 bits per heavy atom. The topological polar surface area (TPSA) is 57.5 Å². The number of carboxylic acids is 1. The standard InChI is InChI=1S/C20H40O3/c1-2-3-4-13-16-19(21)17-14-11-9-7-5-6-8-10-12-15-18-20(22)23/h19,21H,2-18H2,1H3,(H,22,23). The SMILES string of the molecule is CCCCCCC(O)CCCCCCCCCCCCC(=O)O. The molecule has 0 amide bonds. The molecule has 0 aliphatic carbocycles. The van der Waals surface area contributed by atoms with Crippen LogP contribution in [0.5, 0.6) is 0 Å². The van der Waals surface area contributed by atoms with Gasteiger partial charge in [0.1, 0.15) is 0 Å². The van der Waals surface area contributed by atoms with Crippen molar-refractivity contribution in [1.29, 1.82) is 0 Å². The molecule has 0 bridgehead atoms. The highest BCUT2D eigenvalue weighted by Crippen LogP contribution is 2.14. The first-order chi connectivity index (χ1) is 11.2. The number of carboxylic acid groups (broad SMARTS) is 1. The minimum absolute atomic E-state index is 0.0716. The summed E-state index contributed by atoms with van der Waals surface area (Å²) in [5, 5.41) is 18.4. The second-order valence-electron chi connectivity index (χ2n) is 6.97. The maximum Gasteiger partial charge on any atom is 0.303 e. The van der Waals surface area contributed by atoms with Gasteiger partial charge in [0.15, 0.2) is 0 Å². The summed E-state index contributed by atoms with van der Waals surface area (Å²) in [6.07, 6.45) is 19.2. The molecule has 138 valence electrons. The minimum Gasteiger partial charge on any atom is -0.481 e. The Morgan fingerprint density at radius 1 is 0.696 bits per heavy atom. The first-order valence-electron chi connectivity index (χ1n) is 10.1. The maximum absolute atomic E-state index is 10.4. The number of aliphatic carboxylic acids is 1. The van der Waals surface area contributed by atoms with Crippen molar-refractivity contribution in [2.24, 2.45) is 0 Å². The number of rotatable bonds is 18. The fourth-order valence-electron chi connectivity index (χ4n) is 3.02. The van der Waals surface area contributed by atoms with Crippen LogP contribution in [0.15, 0.2) is 0 Å². The molecule has 3 heteroatoms. The number of carbonyl (C=O) groups is 1. The van der Waals surface area contributed by atoms with E-state index in [1.54, 1.807) is 0 Å². The number of hydrogen-bond acceptors (Lipinski definition) is 2. The van der Waals surface area contributed by atoms with Crippen LogP contribution in [-0.4, -0.2) is 22.3 Å². The second kappa shape index (κ2) is 17.8. The molecule has 2 N–H and O–H groups in total. The first kappa shape index (κ1) is 22.4. The van der Waals surface area contributed by atoms with Crippen LogP contribution in [0.2, 0.25) is 0 Å². The van der Waals surface area contributed by atoms with Crippen molar-refractivity contribution in [1.82, 2.24) is 0 Å². The van der Waals surface area contributed by atoms with Crippen LogP contribution in [0.4, 0.5) is 0 Å². The minimum atomic E-state index is -0.670. The number of aliphatic hydroxyl groups excluding tert-OH is 1. The smallest absolute Gasteiger partial charge is 0.303 e. The Bertz CT molecular complexity index is 253. The Morgan fingerprint density at radius 3 is 1.52 bits per heavy atom. The van der Waals surface area contributed by atoms with Crippen LogP contribution < -0.4 is 0 Å². The summed E-state index contributed by atoms with van der Waals surface area (Å²) in [6.45, 7) is 2.22. The predicted octanol–water partition coefficient (Wildman–Crippen LogP) is 6.08. The van der Waals surface area contributed by atoms with Crippen molar-refractivity contribution in [2.75, 3.05) is 0 Å². The van der Waals surface area contributed by atoms with Gasteiger partial charge in [-0.3, -0.25) is 4.79 Å². The molecular formula is C20H40O3. The molecule has 0 aromatic carbocycles. The van der Waals surface area contributed by atoms with E-state index in [1.807, 2.05) is 0 Å². The van der Waals surface area contributed by atoms with E-state index in [0.717, 1.165) is 25.7 Å². The van der Waals surface area contributed by atoms with Crippen LogP contribution >= 0.6 is 0 Å². The summed E-state index contributed by atoms with van der Waals surface area (Å²) in [6, 6.07) is 0. The third-order valence-corrected chi connectivity index (χ3v) is 4.57. The van der Waals surface area contributed by atoms with E-state index in [-0.39, 0.29) is 6.10 Å². The predicted molar refractivity (Wildman–Crippen MR) is 97.8 cm³/mol. The molecule has 0 aromatic heterocycles. The van der Waals surface area contributed by atoms with Crippen LogP contribution in [0, 0.1) is 0 Å². The van der Waals surface area contributed by atoms with E-state index in [2.05, 4.69) is 6.92 Å². The number of unbranched alkanes of at least 4 members (excludes halogenated alkanes) is 12. The van der Waals surface area contributed by atoms with Gasteiger partial charge in [0.2, 0.25) is 0 Å². The molecule has 0 fully saturated rings. The van der Waals surface area contributed by atoms with Gasteiger partial charge in [0.25, 0.3) is 0 Å². The van der Waals surface area contributed by atoms with Crippen LogP contribution in [0.25, 0.3) is 0 Å². The zero-order chi connectivity index (χ0) is 17.2. The average Bonchev–Trinajstić information content (AvgIpc) is 2.52. The van der Waals surface area contributed by atoms with Crippen molar-refractivity contribution >= 4 is 5.97 Å². The third kappa shape index (κ3) is 19.4. The van der Waals surface area contributed by atoms with Crippen molar-refractivity contribution in [3.05, 3.63) is 0 Å². The molecule has 0 spiro atoms. The number of aliphatic hydroxyl groups is 1. The lowest BCUT2D eigenvalue weighted by atomic mass is 10.0. The van der Waals surface area contributed by atoms with Crippen LogP contribution in [0.3, 0.4) is 0 Å². The normalized spacial score (nSPS) is 12.4. The van der Waals surface area contributed by atoms with E-state index >= 15 is 0 Å². The van der Waals surface area contributed by atoms with Crippen LogP contribution in [-0.2, 0) is 4.79 Å². The molecule has 0 aromatic rings. The highest BCUT2D eigenvalue weighted by atomic mass is 16.4. The summed E-state index contributed by atoms with van der Waals surface area (Å²) in [4.78, 5) is 10.4. The largest absolute Gasteiger partial charge is 0.481 e. The van der Waals surface area contributed by atoms with Crippen molar-refractivity contribution in [2.45, 2.75) is 122 Å². The Kier molecular flexibility index (Phi) is 17.3.